The molecule has 7 aromatic rings. The number of nitrogens with one attached hydrogen (secondary N) is 5. The number of H-pyrrole nitrogens is 1. The van der Waals surface area contributed by atoms with Crippen LogP contribution in [0.1, 0.15) is 223 Å². The maximum absolute atomic E-state index is 13.9. The number of aromatic amines is 1. The summed E-state index contributed by atoms with van der Waals surface area (Å²) >= 11 is 6.63. The number of aromatic nitrogens is 3. The highest BCUT2D eigenvalue weighted by atomic mass is 35.5. The first-order valence-corrected chi connectivity index (χ1v) is 50.2. The number of methoxy groups -OCH3 is 3. The number of Topliss-reactive ketones (excluding diaryl/α,β-unsaturated/α-hetero) is 1. The molecular formula is C105H135ClN16O20. The van der Waals surface area contributed by atoms with E-state index in [1.807, 2.05) is 86.6 Å². The number of esters is 2. The fourth-order valence-corrected chi connectivity index (χ4v) is 20.7. The van der Waals surface area contributed by atoms with Gasteiger partial charge in [0.15, 0.2) is 5.78 Å². The Morgan fingerprint density at radius 1 is 0.465 bits per heavy atom. The third-order valence-corrected chi connectivity index (χ3v) is 28.4. The van der Waals surface area contributed by atoms with E-state index in [1.54, 1.807) is 60.8 Å². The zero-order valence-corrected chi connectivity index (χ0v) is 83.6. The molecule has 0 bridgehead atoms. The van der Waals surface area contributed by atoms with Crippen molar-refractivity contribution < 1.29 is 95.9 Å². The number of hydrogen-bond donors (Lipinski definition) is 6. The van der Waals surface area contributed by atoms with Crippen LogP contribution in [0, 0.1) is 17.8 Å². The second-order valence-corrected chi connectivity index (χ2v) is 40.5. The molecule has 5 aromatic carbocycles. The molecule has 0 aliphatic carbocycles. The van der Waals surface area contributed by atoms with Gasteiger partial charge in [-0.25, -0.2) is 24.4 Å². The number of likely N-dealkylation sites (tertiary alicyclic amines) is 6. The zero-order valence-electron chi connectivity index (χ0n) is 82.9. The van der Waals surface area contributed by atoms with E-state index in [9.17, 15) is 62.3 Å². The summed E-state index contributed by atoms with van der Waals surface area (Å²) in [6.45, 7) is 24.5. The van der Waals surface area contributed by atoms with Crippen LogP contribution in [0.2, 0.25) is 5.02 Å². The van der Waals surface area contributed by atoms with Gasteiger partial charge in [-0.1, -0.05) is 29.8 Å². The van der Waals surface area contributed by atoms with Gasteiger partial charge >= 0.3 is 30.0 Å². The molecular weight excluding hydrogens is 1840 g/mol. The van der Waals surface area contributed by atoms with Gasteiger partial charge in [-0.15, -0.1) is 0 Å². The predicted octanol–water partition coefficient (Wildman–Crippen LogP) is 13.4. The van der Waals surface area contributed by atoms with E-state index in [-0.39, 0.29) is 126 Å². The minimum atomic E-state index is -1.08. The lowest BCUT2D eigenvalue weighted by Crippen LogP contribution is -2.50. The highest BCUT2D eigenvalue weighted by molar-refractivity contribution is 6.36. The summed E-state index contributed by atoms with van der Waals surface area (Å²) in [5.41, 5.74) is 2.85. The molecule has 2 aromatic heterocycles. The van der Waals surface area contributed by atoms with Crippen LogP contribution in [0.4, 0.5) is 32.5 Å². The average molecular weight is 1980 g/mol. The quantitative estimate of drug-likeness (QED) is 0.0186. The lowest BCUT2D eigenvalue weighted by molar-refractivity contribution is -0.157. The number of fused-ring (bicyclic) bond motifs is 1. The largest absolute Gasteiger partial charge is 0.495 e. The van der Waals surface area contributed by atoms with Crippen molar-refractivity contribution in [1.82, 2.24) is 60.3 Å². The fraction of sp³-hybridized carbons (Fsp3) is 0.533. The molecule has 142 heavy (non-hydrogen) atoms. The standard InChI is InChI=1S/C48H52ClN9O7.C28H40N4O6.C16H30N2O2.C13H13NO5/c1-64-40-10-7-31(26-39(40)58-24-17-41(59)54-48(58)63)47(62)57-22-15-33(16-23-57)55-18-11-30(12-19-55)25-42(60)56-20-13-32(14-21-56)53-46-43-37(28-50-45(43)51-29-52-46)44(61)36-9-8-35(27-38(36)49)65-34-5-3-2-4-6-34;1-28(2,3)38-25(34)17-19-7-12-30(13-8-19)21-9-14-31(15-10-21)26(35)20-5-6-23(37-4)22(18-20)32-16-11-24(33)29-27(32)36;1-16(2,3)20-15(19)12-13-6-10-18(11-7-13)14-4-8-17-9-5-14;1-19-11-3-2-8(13(17)18)6-10(11)14-5-4-9(15)7-12(14)16/h2-10,26-30,32-33H,11-25H2,1H3,(H,54,59,63)(H2,50,51,52,53);5-6,18-19,21H,7-17H2,1-4H3,(H,29,33,36);13-14,17H,4-12H2,1-3H3;2-3,6H,4-5,7H2,1H3,(H,17,18). The molecule has 0 unspecified atom stereocenters. The van der Waals surface area contributed by atoms with Crippen LogP contribution >= 0.6 is 11.6 Å². The molecule has 10 amide bonds. The Kier molecular flexibility index (Phi) is 35.9. The van der Waals surface area contributed by atoms with Crippen molar-refractivity contribution in [2.45, 2.75) is 212 Å². The number of rotatable bonds is 24. The summed E-state index contributed by atoms with van der Waals surface area (Å²) < 4.78 is 32.8. The zero-order chi connectivity index (χ0) is 101. The molecule has 10 fully saturated rings. The fourth-order valence-electron chi connectivity index (χ4n) is 20.5. The summed E-state index contributed by atoms with van der Waals surface area (Å²) in [5, 5.41) is 21.5. The number of amides is 10. The minimum Gasteiger partial charge on any atom is -0.495 e. The van der Waals surface area contributed by atoms with Crippen LogP contribution in [0.3, 0.4) is 0 Å². The van der Waals surface area contributed by atoms with Crippen LogP contribution in [0.25, 0.3) is 11.0 Å². The van der Waals surface area contributed by atoms with E-state index in [4.69, 9.17) is 45.1 Å². The predicted molar refractivity (Wildman–Crippen MR) is 534 cm³/mol. The number of piperidine rings is 8. The number of ether oxygens (including phenoxy) is 6. The van der Waals surface area contributed by atoms with Crippen molar-refractivity contribution in [2.75, 3.05) is 153 Å². The molecule has 0 saturated carbocycles. The molecule has 10 aliphatic heterocycles. The normalized spacial score (nSPS) is 19.2. The Labute approximate surface area is 833 Å². The number of halogens is 1. The van der Waals surface area contributed by atoms with Crippen molar-refractivity contribution in [3.05, 3.63) is 148 Å². The highest BCUT2D eigenvalue weighted by Gasteiger charge is 2.39. The number of urea groups is 2. The van der Waals surface area contributed by atoms with E-state index in [1.165, 1.54) is 73.4 Å². The van der Waals surface area contributed by atoms with Crippen molar-refractivity contribution in [3.8, 4) is 28.7 Å². The van der Waals surface area contributed by atoms with E-state index in [0.717, 1.165) is 135 Å². The van der Waals surface area contributed by atoms with Crippen LogP contribution in [0.5, 0.6) is 28.7 Å². The SMILES string of the molecule is CC(C)(C)OC(=O)CC1CCN(C2CCNCC2)CC1.COc1ccc(C(=O)N2CCC(N3CCC(CC(=O)N4CCC(Nc5ncnc6[nH]cc(C(=O)c7ccc(Oc8ccccc8)cc7Cl)c56)CC4)CC3)CC2)cc1N1CCC(=O)NC1=O.COc1ccc(C(=O)N2CCC(N3CCC(CC(=O)OC(C)(C)C)CC3)CC2)cc1N1CCC(=O)NC1=O.COc1ccc(C(=O)O)cc1N1CCC(=O)CC1=O. The number of carbonyl (C=O) groups is 13. The maximum Gasteiger partial charge on any atom is 0.335 e. The summed E-state index contributed by atoms with van der Waals surface area (Å²) in [6.07, 6.45) is 19.0. The summed E-state index contributed by atoms with van der Waals surface area (Å²) in [5.74, 6) is 1.78. The van der Waals surface area contributed by atoms with Gasteiger partial charge in [0.2, 0.25) is 23.6 Å². The molecule has 37 heteroatoms. The molecule has 0 radical (unpaired) electrons. The van der Waals surface area contributed by atoms with Gasteiger partial charge in [0, 0.05) is 151 Å². The number of para-hydroxylation sites is 1. The highest BCUT2D eigenvalue weighted by Crippen LogP contribution is 2.40. The number of benzene rings is 5. The number of carboxylic acids is 1. The third-order valence-electron chi connectivity index (χ3n) is 28.1. The van der Waals surface area contributed by atoms with E-state index >= 15 is 0 Å². The molecule has 6 N–H and O–H groups in total. The summed E-state index contributed by atoms with van der Waals surface area (Å²) in [7, 11) is 4.47. The van der Waals surface area contributed by atoms with Crippen LogP contribution < -0.4 is 54.9 Å². The lowest BCUT2D eigenvalue weighted by atomic mass is 9.90. The van der Waals surface area contributed by atoms with Crippen molar-refractivity contribution >= 4 is 122 Å². The molecule has 17 rings (SSSR count). The van der Waals surface area contributed by atoms with Gasteiger partial charge in [-0.3, -0.25) is 68.4 Å². The minimum absolute atomic E-state index is 0.0298. The number of anilines is 4. The van der Waals surface area contributed by atoms with Crippen molar-refractivity contribution in [3.63, 3.8) is 0 Å². The first-order chi connectivity index (χ1) is 68.1. The lowest BCUT2D eigenvalue weighted by Gasteiger charge is -2.42. The van der Waals surface area contributed by atoms with E-state index in [0.29, 0.717) is 173 Å². The smallest absolute Gasteiger partial charge is 0.335 e. The monoisotopic (exact) mass is 1970 g/mol. The molecule has 12 heterocycles. The molecule has 0 atom stereocenters. The summed E-state index contributed by atoms with van der Waals surface area (Å²) in [4.78, 5) is 190. The Balaban J connectivity index is 0.000000173. The van der Waals surface area contributed by atoms with Gasteiger partial charge < -0.3 is 83.4 Å². The Morgan fingerprint density at radius 3 is 1.36 bits per heavy atom. The number of nitrogens with zero attached hydrogens (tertiary/aromatic N) is 11. The van der Waals surface area contributed by atoms with Gasteiger partial charge in [0.25, 0.3) is 11.8 Å². The number of aromatic carboxylic acids is 1. The second kappa shape index (κ2) is 48.4. The van der Waals surface area contributed by atoms with Gasteiger partial charge in [-0.2, -0.15) is 0 Å². The van der Waals surface area contributed by atoms with Crippen LogP contribution in [-0.2, 0) is 43.0 Å². The number of carbonyl (C=O) groups excluding carboxylic acids is 12. The van der Waals surface area contributed by atoms with E-state index < -0.39 is 23.6 Å². The molecule has 10 aliphatic rings. The third kappa shape index (κ3) is 28.0. The molecule has 0 spiro atoms. The van der Waals surface area contributed by atoms with Crippen molar-refractivity contribution in [2.24, 2.45) is 17.8 Å². The van der Waals surface area contributed by atoms with Gasteiger partial charge in [0.05, 0.1) is 66.3 Å². The molecule has 762 valence electrons. The van der Waals surface area contributed by atoms with Crippen molar-refractivity contribution in [1.29, 1.82) is 0 Å². The number of hydrogen-bond acceptors (Lipinski definition) is 26. The maximum atomic E-state index is 13.9. The Bertz CT molecular complexity index is 5670. The first kappa shape index (κ1) is 105. The topological polar surface area (TPSA) is 416 Å². The van der Waals surface area contributed by atoms with Crippen LogP contribution in [-0.4, -0.2) is 294 Å². The second-order valence-electron chi connectivity index (χ2n) is 40.1. The van der Waals surface area contributed by atoms with Gasteiger partial charge in [-0.05, 0) is 280 Å². The molecule has 10 saturated heterocycles. The average Bonchev–Trinajstić information content (AvgIpc) is 1.46. The Hall–Kier alpha value is -12.6. The Morgan fingerprint density at radius 2 is 0.908 bits per heavy atom. The van der Waals surface area contributed by atoms with Gasteiger partial charge in [0.1, 0.15) is 63.5 Å². The first-order valence-electron chi connectivity index (χ1n) is 49.8. The summed E-state index contributed by atoms with van der Waals surface area (Å²) in [6, 6.07) is 29.4. The number of ketones is 2. The van der Waals surface area contributed by atoms with Crippen LogP contribution in [0.15, 0.2) is 116 Å². The molecule has 36 nitrogen and oxygen atoms in total. The number of imide groups is 2. The van der Waals surface area contributed by atoms with E-state index in [2.05, 4.69) is 50.9 Å². The number of carboxylic acid groups (broad SMARTS) is 1.